The van der Waals surface area contributed by atoms with Gasteiger partial charge in [-0.15, -0.1) is 10.2 Å². The van der Waals surface area contributed by atoms with Gasteiger partial charge in [0.1, 0.15) is 5.82 Å². The molecular formula is C10H12N4OS. The van der Waals surface area contributed by atoms with E-state index in [-0.39, 0.29) is 0 Å². The van der Waals surface area contributed by atoms with Crippen molar-refractivity contribution in [2.75, 3.05) is 11.5 Å². The van der Waals surface area contributed by atoms with Gasteiger partial charge in [0, 0.05) is 30.5 Å². The molecule has 84 valence electrons. The average molecular weight is 236 g/mol. The Labute approximate surface area is 97.2 Å². The molecule has 0 saturated heterocycles. The van der Waals surface area contributed by atoms with E-state index in [2.05, 4.69) is 19.9 Å². The van der Waals surface area contributed by atoms with E-state index in [4.69, 9.17) is 4.52 Å². The topological polar surface area (TPSA) is 56.7 Å². The summed E-state index contributed by atoms with van der Waals surface area (Å²) in [6, 6.07) is 1.90. The van der Waals surface area contributed by atoms with Crippen molar-refractivity contribution in [2.45, 2.75) is 19.9 Å². The predicted molar refractivity (Wildman–Crippen MR) is 61.3 cm³/mol. The highest BCUT2D eigenvalue weighted by molar-refractivity contribution is 7.99. The van der Waals surface area contributed by atoms with Gasteiger partial charge >= 0.3 is 0 Å². The molecule has 2 aromatic rings. The maximum atomic E-state index is 5.24. The fourth-order valence-corrected chi connectivity index (χ4v) is 2.67. The lowest BCUT2D eigenvalue weighted by Gasteiger charge is -2.02. The van der Waals surface area contributed by atoms with Gasteiger partial charge in [-0.2, -0.15) is 11.8 Å². The minimum absolute atomic E-state index is 0.711. The van der Waals surface area contributed by atoms with Crippen molar-refractivity contribution >= 4 is 11.8 Å². The molecule has 0 spiro atoms. The molecule has 1 aliphatic heterocycles. The van der Waals surface area contributed by atoms with Gasteiger partial charge in [-0.1, -0.05) is 5.16 Å². The van der Waals surface area contributed by atoms with Gasteiger partial charge in [0.25, 0.3) is 0 Å². The molecule has 0 fully saturated rings. The molecule has 2 aromatic heterocycles. The van der Waals surface area contributed by atoms with Crippen molar-refractivity contribution < 1.29 is 4.52 Å². The maximum Gasteiger partial charge on any atom is 0.204 e. The first-order valence-corrected chi connectivity index (χ1v) is 6.43. The highest BCUT2D eigenvalue weighted by atomic mass is 32.2. The van der Waals surface area contributed by atoms with Gasteiger partial charge in [-0.25, -0.2) is 0 Å². The molecule has 1 aliphatic rings. The molecule has 0 amide bonds. The number of aryl methyl sites for hydroxylation is 2. The smallest absolute Gasteiger partial charge is 0.204 e. The third kappa shape index (κ3) is 1.63. The lowest BCUT2D eigenvalue weighted by atomic mass is 10.3. The fraction of sp³-hybridized carbons (Fsp3) is 0.500. The van der Waals surface area contributed by atoms with Crippen LogP contribution in [0.5, 0.6) is 0 Å². The van der Waals surface area contributed by atoms with Crippen LogP contribution >= 0.6 is 11.8 Å². The molecule has 3 heterocycles. The van der Waals surface area contributed by atoms with Gasteiger partial charge in [-0.3, -0.25) is 0 Å². The quantitative estimate of drug-likeness (QED) is 0.751. The number of aromatic nitrogens is 4. The van der Waals surface area contributed by atoms with Crippen molar-refractivity contribution in [1.82, 2.24) is 19.9 Å². The van der Waals surface area contributed by atoms with E-state index in [9.17, 15) is 0 Å². The summed E-state index contributed by atoms with van der Waals surface area (Å²) in [6.45, 7) is 2.85. The summed E-state index contributed by atoms with van der Waals surface area (Å²) < 4.78 is 7.37. The van der Waals surface area contributed by atoms with Crippen LogP contribution in [0.25, 0.3) is 11.6 Å². The number of rotatable bonds is 1. The van der Waals surface area contributed by atoms with Crippen LogP contribution in [0.3, 0.4) is 0 Å². The molecule has 16 heavy (non-hydrogen) atoms. The summed E-state index contributed by atoms with van der Waals surface area (Å²) in [4.78, 5) is 0. The zero-order chi connectivity index (χ0) is 11.0. The molecule has 0 atom stereocenters. The molecule has 5 nitrogen and oxygen atoms in total. The standard InChI is InChI=1S/C10H12N4OS/c1-7-6-8(15-13-7)10-12-11-9-2-4-16-5-3-14(9)10/h6H,2-5H2,1H3. The Morgan fingerprint density at radius 1 is 1.38 bits per heavy atom. The molecule has 6 heteroatoms. The van der Waals surface area contributed by atoms with Crippen LogP contribution in [-0.2, 0) is 13.0 Å². The van der Waals surface area contributed by atoms with E-state index in [1.54, 1.807) is 0 Å². The van der Waals surface area contributed by atoms with E-state index >= 15 is 0 Å². The van der Waals surface area contributed by atoms with Gasteiger partial charge in [0.15, 0.2) is 0 Å². The highest BCUT2D eigenvalue weighted by Crippen LogP contribution is 2.22. The molecular weight excluding hydrogens is 224 g/mol. The van der Waals surface area contributed by atoms with Crippen molar-refractivity contribution in [2.24, 2.45) is 0 Å². The van der Waals surface area contributed by atoms with Gasteiger partial charge in [0.05, 0.1) is 5.69 Å². The number of hydrogen-bond donors (Lipinski definition) is 0. The molecule has 0 N–H and O–H groups in total. The molecule has 0 radical (unpaired) electrons. The summed E-state index contributed by atoms with van der Waals surface area (Å²) in [5.74, 6) is 4.79. The van der Waals surface area contributed by atoms with Crippen molar-refractivity contribution in [3.63, 3.8) is 0 Å². The lowest BCUT2D eigenvalue weighted by molar-refractivity contribution is 0.422. The zero-order valence-corrected chi connectivity index (χ0v) is 9.83. The Balaban J connectivity index is 2.05. The minimum Gasteiger partial charge on any atom is -0.353 e. The number of hydrogen-bond acceptors (Lipinski definition) is 5. The lowest BCUT2D eigenvalue weighted by Crippen LogP contribution is -2.04. The minimum atomic E-state index is 0.711. The summed E-state index contributed by atoms with van der Waals surface area (Å²) in [7, 11) is 0. The fourth-order valence-electron chi connectivity index (χ4n) is 1.83. The third-order valence-electron chi connectivity index (χ3n) is 2.60. The highest BCUT2D eigenvalue weighted by Gasteiger charge is 2.18. The Morgan fingerprint density at radius 3 is 3.12 bits per heavy atom. The first-order chi connectivity index (χ1) is 7.84. The normalized spacial score (nSPS) is 15.8. The summed E-state index contributed by atoms with van der Waals surface area (Å²) >= 11 is 1.95. The van der Waals surface area contributed by atoms with E-state index in [0.717, 1.165) is 41.8 Å². The average Bonchev–Trinajstić information content (AvgIpc) is 2.79. The van der Waals surface area contributed by atoms with Gasteiger partial charge in [-0.05, 0) is 6.92 Å². The number of fused-ring (bicyclic) bond motifs is 1. The summed E-state index contributed by atoms with van der Waals surface area (Å²) in [5, 5.41) is 12.3. The molecule has 0 saturated carbocycles. The van der Waals surface area contributed by atoms with Crippen LogP contribution in [0.4, 0.5) is 0 Å². The van der Waals surface area contributed by atoms with Crippen LogP contribution in [-0.4, -0.2) is 31.4 Å². The van der Waals surface area contributed by atoms with Crippen LogP contribution in [0.15, 0.2) is 10.6 Å². The summed E-state index contributed by atoms with van der Waals surface area (Å²) in [5.41, 5.74) is 0.871. The molecule has 0 aliphatic carbocycles. The number of nitrogens with zero attached hydrogens (tertiary/aromatic N) is 4. The number of thioether (sulfide) groups is 1. The van der Waals surface area contributed by atoms with E-state index in [1.165, 1.54) is 0 Å². The Hall–Kier alpha value is -1.30. The molecule has 3 rings (SSSR count). The van der Waals surface area contributed by atoms with Crippen LogP contribution in [0.1, 0.15) is 11.5 Å². The largest absolute Gasteiger partial charge is 0.353 e. The third-order valence-corrected chi connectivity index (χ3v) is 3.57. The Morgan fingerprint density at radius 2 is 2.31 bits per heavy atom. The zero-order valence-electron chi connectivity index (χ0n) is 9.01. The SMILES string of the molecule is Cc1cc(-c2nnc3n2CCSCC3)on1. The van der Waals surface area contributed by atoms with E-state index in [1.807, 2.05) is 24.8 Å². The Bertz CT molecular complexity index is 505. The molecule has 0 bridgehead atoms. The van der Waals surface area contributed by atoms with Crippen LogP contribution in [0, 0.1) is 6.92 Å². The first-order valence-electron chi connectivity index (χ1n) is 5.28. The monoisotopic (exact) mass is 236 g/mol. The Kier molecular flexibility index (Phi) is 2.43. The molecule has 0 unspecified atom stereocenters. The molecule has 0 aromatic carbocycles. The maximum absolute atomic E-state index is 5.24. The predicted octanol–water partition coefficient (Wildman–Crippen LogP) is 1.53. The van der Waals surface area contributed by atoms with Crippen molar-refractivity contribution in [3.8, 4) is 11.6 Å². The first kappa shape index (κ1) is 9.89. The van der Waals surface area contributed by atoms with Crippen molar-refractivity contribution in [1.29, 1.82) is 0 Å². The van der Waals surface area contributed by atoms with Gasteiger partial charge in [0.2, 0.25) is 11.6 Å². The second-order valence-electron chi connectivity index (χ2n) is 3.79. The summed E-state index contributed by atoms with van der Waals surface area (Å²) in [6.07, 6.45) is 0.977. The van der Waals surface area contributed by atoms with Gasteiger partial charge < -0.3 is 9.09 Å². The van der Waals surface area contributed by atoms with Crippen LogP contribution in [0.2, 0.25) is 0 Å². The van der Waals surface area contributed by atoms with Crippen molar-refractivity contribution in [3.05, 3.63) is 17.6 Å². The second kappa shape index (κ2) is 3.93. The second-order valence-corrected chi connectivity index (χ2v) is 5.01. The van der Waals surface area contributed by atoms with Crippen LogP contribution < -0.4 is 0 Å². The van der Waals surface area contributed by atoms with E-state index < -0.39 is 0 Å². The van der Waals surface area contributed by atoms with E-state index in [0.29, 0.717) is 5.76 Å².